The molecule has 1 unspecified atom stereocenters. The Labute approximate surface area is 166 Å². The molecular formula is C20H26N4O3S. The molecule has 2 heterocycles. The van der Waals surface area contributed by atoms with E-state index in [0.717, 1.165) is 24.8 Å². The molecule has 1 aliphatic rings. The number of anilines is 1. The molecule has 28 heavy (non-hydrogen) atoms. The monoisotopic (exact) mass is 402 g/mol. The summed E-state index contributed by atoms with van der Waals surface area (Å²) in [6, 6.07) is 12.3. The number of sulfonamides is 1. The van der Waals surface area contributed by atoms with Crippen LogP contribution in [-0.2, 0) is 21.4 Å². The number of pyridine rings is 1. The van der Waals surface area contributed by atoms with Gasteiger partial charge in [0.15, 0.2) is 0 Å². The molecule has 0 saturated carbocycles. The molecule has 0 radical (unpaired) electrons. The van der Waals surface area contributed by atoms with Crippen molar-refractivity contribution in [1.29, 1.82) is 0 Å². The zero-order valence-electron chi connectivity index (χ0n) is 16.0. The Kier molecular flexibility index (Phi) is 6.64. The number of benzene rings is 1. The van der Waals surface area contributed by atoms with Crippen molar-refractivity contribution in [2.75, 3.05) is 18.4 Å². The molecule has 8 heteroatoms. The van der Waals surface area contributed by atoms with E-state index < -0.39 is 16.1 Å². The summed E-state index contributed by atoms with van der Waals surface area (Å²) in [5, 5.41) is 5.87. The van der Waals surface area contributed by atoms with Crippen LogP contribution in [0.5, 0.6) is 0 Å². The second kappa shape index (κ2) is 9.16. The number of rotatable bonds is 7. The number of aromatic nitrogens is 1. The Morgan fingerprint density at radius 1 is 1.11 bits per heavy atom. The Morgan fingerprint density at radius 2 is 1.82 bits per heavy atom. The van der Waals surface area contributed by atoms with E-state index in [1.807, 2.05) is 30.3 Å². The number of piperidine rings is 1. The van der Waals surface area contributed by atoms with Gasteiger partial charge < -0.3 is 10.6 Å². The van der Waals surface area contributed by atoms with Crippen LogP contribution in [0.25, 0.3) is 0 Å². The van der Waals surface area contributed by atoms with E-state index in [-0.39, 0.29) is 10.8 Å². The molecule has 0 spiro atoms. The topological polar surface area (TPSA) is 91.4 Å². The fourth-order valence-electron chi connectivity index (χ4n) is 3.10. The number of carbonyl (C=O) groups is 1. The highest BCUT2D eigenvalue weighted by atomic mass is 32.2. The number of nitrogens with one attached hydrogen (secondary N) is 2. The van der Waals surface area contributed by atoms with Crippen LogP contribution in [0.1, 0.15) is 31.7 Å². The van der Waals surface area contributed by atoms with E-state index >= 15 is 0 Å². The fraction of sp³-hybridized carbons (Fsp3) is 0.400. The third-order valence-electron chi connectivity index (χ3n) is 4.76. The second-order valence-corrected chi connectivity index (χ2v) is 8.85. The number of carbonyl (C=O) groups excluding carboxylic acids is 1. The first-order valence-electron chi connectivity index (χ1n) is 9.51. The molecular weight excluding hydrogens is 376 g/mol. The largest absolute Gasteiger partial charge is 0.359 e. The molecule has 2 N–H and O–H groups in total. The molecule has 7 nitrogen and oxygen atoms in total. The third kappa shape index (κ3) is 5.08. The first kappa shape index (κ1) is 20.3. The van der Waals surface area contributed by atoms with Crippen LogP contribution in [0.2, 0.25) is 0 Å². The highest BCUT2D eigenvalue weighted by molar-refractivity contribution is 7.89. The smallest absolute Gasteiger partial charge is 0.244 e. The highest BCUT2D eigenvalue weighted by Gasteiger charge is 2.26. The average Bonchev–Trinajstić information content (AvgIpc) is 2.73. The SMILES string of the molecule is CC(Nc1ccc(S(=O)(=O)N2CCCCC2)cn1)C(=O)NCc1ccccc1. The maximum Gasteiger partial charge on any atom is 0.244 e. The van der Waals surface area contributed by atoms with Crippen molar-refractivity contribution in [3.05, 3.63) is 54.2 Å². The molecule has 0 aliphatic carbocycles. The zero-order chi connectivity index (χ0) is 20.0. The van der Waals surface area contributed by atoms with Gasteiger partial charge in [0.2, 0.25) is 15.9 Å². The minimum atomic E-state index is -3.50. The van der Waals surface area contributed by atoms with Crippen molar-refractivity contribution in [3.8, 4) is 0 Å². The standard InChI is InChI=1S/C20H26N4O3S/c1-16(20(25)22-14-17-8-4-2-5-9-17)23-19-11-10-18(15-21-19)28(26,27)24-12-6-3-7-13-24/h2,4-5,8-11,15-16H,3,6-7,12-14H2,1H3,(H,21,23)(H,22,25). The van der Waals surface area contributed by atoms with Crippen LogP contribution in [0.3, 0.4) is 0 Å². The van der Waals surface area contributed by atoms with Crippen LogP contribution in [-0.4, -0.2) is 42.7 Å². The van der Waals surface area contributed by atoms with Crippen molar-refractivity contribution < 1.29 is 13.2 Å². The summed E-state index contributed by atoms with van der Waals surface area (Å²) < 4.78 is 26.8. The van der Waals surface area contributed by atoms with Gasteiger partial charge in [-0.3, -0.25) is 4.79 Å². The zero-order valence-corrected chi connectivity index (χ0v) is 16.8. The second-order valence-electron chi connectivity index (χ2n) is 6.91. The Morgan fingerprint density at radius 3 is 2.46 bits per heavy atom. The van der Waals surface area contributed by atoms with Gasteiger partial charge in [0, 0.05) is 25.8 Å². The Hall–Kier alpha value is -2.45. The first-order chi connectivity index (χ1) is 13.5. The van der Waals surface area contributed by atoms with Crippen LogP contribution < -0.4 is 10.6 Å². The van der Waals surface area contributed by atoms with Gasteiger partial charge in [-0.25, -0.2) is 13.4 Å². The van der Waals surface area contributed by atoms with Crippen LogP contribution in [0.4, 0.5) is 5.82 Å². The molecule has 1 atom stereocenters. The lowest BCUT2D eigenvalue weighted by Gasteiger charge is -2.25. The minimum Gasteiger partial charge on any atom is -0.359 e. The van der Waals surface area contributed by atoms with E-state index in [1.165, 1.54) is 16.6 Å². The van der Waals surface area contributed by atoms with Crippen LogP contribution >= 0.6 is 0 Å². The lowest BCUT2D eigenvalue weighted by atomic mass is 10.2. The van der Waals surface area contributed by atoms with Gasteiger partial charge in [-0.05, 0) is 37.5 Å². The van der Waals surface area contributed by atoms with E-state index in [2.05, 4.69) is 15.6 Å². The molecule has 1 amide bonds. The van der Waals surface area contributed by atoms with Gasteiger partial charge in [0.05, 0.1) is 0 Å². The van der Waals surface area contributed by atoms with E-state index in [1.54, 1.807) is 13.0 Å². The summed E-state index contributed by atoms with van der Waals surface area (Å²) in [4.78, 5) is 16.6. The number of hydrogen-bond acceptors (Lipinski definition) is 5. The number of nitrogens with zero attached hydrogens (tertiary/aromatic N) is 2. The van der Waals surface area contributed by atoms with Gasteiger partial charge in [-0.2, -0.15) is 4.31 Å². The molecule has 1 saturated heterocycles. The third-order valence-corrected chi connectivity index (χ3v) is 6.64. The number of hydrogen-bond donors (Lipinski definition) is 2. The normalized spacial score (nSPS) is 16.3. The summed E-state index contributed by atoms with van der Waals surface area (Å²) in [5.74, 6) is 0.302. The molecule has 0 bridgehead atoms. The first-order valence-corrected chi connectivity index (χ1v) is 11.0. The fourth-order valence-corrected chi connectivity index (χ4v) is 4.56. The quantitative estimate of drug-likeness (QED) is 0.742. The molecule has 150 valence electrons. The van der Waals surface area contributed by atoms with E-state index in [0.29, 0.717) is 25.5 Å². The molecule has 1 fully saturated rings. The Balaban J connectivity index is 1.56. The molecule has 3 rings (SSSR count). The summed E-state index contributed by atoms with van der Waals surface area (Å²) >= 11 is 0. The maximum atomic E-state index is 12.7. The van der Waals surface area contributed by atoms with Crippen molar-refractivity contribution >= 4 is 21.7 Å². The summed E-state index contributed by atoms with van der Waals surface area (Å²) in [6.07, 6.45) is 4.20. The van der Waals surface area contributed by atoms with E-state index in [9.17, 15) is 13.2 Å². The minimum absolute atomic E-state index is 0.157. The van der Waals surface area contributed by atoms with Crippen molar-refractivity contribution in [2.45, 2.75) is 43.7 Å². The maximum absolute atomic E-state index is 12.7. The summed E-state index contributed by atoms with van der Waals surface area (Å²) in [5.41, 5.74) is 1.02. The van der Waals surface area contributed by atoms with Crippen LogP contribution in [0.15, 0.2) is 53.6 Å². The average molecular weight is 403 g/mol. The molecule has 1 aromatic carbocycles. The van der Waals surface area contributed by atoms with Gasteiger partial charge in [0.25, 0.3) is 0 Å². The van der Waals surface area contributed by atoms with Crippen LogP contribution in [0, 0.1) is 0 Å². The number of amides is 1. The molecule has 1 aliphatic heterocycles. The van der Waals surface area contributed by atoms with Gasteiger partial charge in [-0.15, -0.1) is 0 Å². The van der Waals surface area contributed by atoms with Gasteiger partial charge in [0.1, 0.15) is 16.8 Å². The van der Waals surface area contributed by atoms with Crippen molar-refractivity contribution in [1.82, 2.24) is 14.6 Å². The summed E-state index contributed by atoms with van der Waals surface area (Å²) in [7, 11) is -3.50. The Bertz CT molecular complexity index is 879. The van der Waals surface area contributed by atoms with E-state index in [4.69, 9.17) is 0 Å². The van der Waals surface area contributed by atoms with Crippen molar-refractivity contribution in [2.24, 2.45) is 0 Å². The van der Waals surface area contributed by atoms with Gasteiger partial charge >= 0.3 is 0 Å². The molecule has 1 aromatic heterocycles. The molecule has 2 aromatic rings. The predicted octanol–water partition coefficient (Wildman–Crippen LogP) is 2.37. The summed E-state index contributed by atoms with van der Waals surface area (Å²) in [6.45, 7) is 3.30. The lowest BCUT2D eigenvalue weighted by Crippen LogP contribution is -2.37. The van der Waals surface area contributed by atoms with Crippen molar-refractivity contribution in [3.63, 3.8) is 0 Å². The predicted molar refractivity (Wildman–Crippen MR) is 108 cm³/mol. The van der Waals surface area contributed by atoms with Gasteiger partial charge in [-0.1, -0.05) is 36.8 Å². The lowest BCUT2D eigenvalue weighted by molar-refractivity contribution is -0.121. The highest BCUT2D eigenvalue weighted by Crippen LogP contribution is 2.20.